The number of rotatable bonds is 4. The standard InChI is InChI=1S/C16H19N3O/c20-10-9-19-8-7-17-16(19)18-12-13-5-6-14-3-1-2-4-15(14)11-13/h1-6,11,20H,7-10,12H2,(H,17,18). The van der Waals surface area contributed by atoms with Crippen LogP contribution in [0.15, 0.2) is 47.5 Å². The van der Waals surface area contributed by atoms with Crippen LogP contribution in [0.5, 0.6) is 0 Å². The highest BCUT2D eigenvalue weighted by Gasteiger charge is 2.15. The van der Waals surface area contributed by atoms with Gasteiger partial charge in [-0.15, -0.1) is 0 Å². The normalized spacial score (nSPS) is 14.7. The molecule has 1 aliphatic rings. The number of aliphatic hydroxyl groups excluding tert-OH is 1. The van der Waals surface area contributed by atoms with Crippen molar-refractivity contribution in [1.82, 2.24) is 10.2 Å². The Hall–Kier alpha value is -2.07. The lowest BCUT2D eigenvalue weighted by molar-refractivity contribution is 0.254. The van der Waals surface area contributed by atoms with E-state index in [1.54, 1.807) is 0 Å². The summed E-state index contributed by atoms with van der Waals surface area (Å²) in [5.74, 6) is 0.896. The van der Waals surface area contributed by atoms with E-state index in [1.807, 2.05) is 0 Å². The van der Waals surface area contributed by atoms with Gasteiger partial charge < -0.3 is 15.3 Å². The third-order valence-electron chi connectivity index (χ3n) is 3.57. The Morgan fingerprint density at radius 2 is 2.00 bits per heavy atom. The Bertz CT molecular complexity index is 624. The molecule has 104 valence electrons. The van der Waals surface area contributed by atoms with Gasteiger partial charge in [-0.25, -0.2) is 0 Å². The number of fused-ring (bicyclic) bond motifs is 1. The van der Waals surface area contributed by atoms with Gasteiger partial charge in [0.15, 0.2) is 5.96 Å². The summed E-state index contributed by atoms with van der Waals surface area (Å²) in [4.78, 5) is 6.52. The molecule has 2 N–H and O–H groups in total. The molecule has 3 rings (SSSR count). The molecule has 2 aromatic rings. The third kappa shape index (κ3) is 2.75. The predicted octanol–water partition coefficient (Wildman–Crippen LogP) is 1.59. The van der Waals surface area contributed by atoms with Crippen molar-refractivity contribution in [2.24, 2.45) is 4.99 Å². The minimum absolute atomic E-state index is 0.163. The lowest BCUT2D eigenvalue weighted by Gasteiger charge is -2.19. The van der Waals surface area contributed by atoms with Gasteiger partial charge in [0.2, 0.25) is 0 Å². The largest absolute Gasteiger partial charge is 0.395 e. The van der Waals surface area contributed by atoms with Crippen LogP contribution in [-0.2, 0) is 6.54 Å². The van der Waals surface area contributed by atoms with Crippen LogP contribution in [-0.4, -0.2) is 42.2 Å². The van der Waals surface area contributed by atoms with E-state index < -0.39 is 0 Å². The maximum atomic E-state index is 9.02. The highest BCUT2D eigenvalue weighted by atomic mass is 16.3. The number of hydrogen-bond donors (Lipinski definition) is 2. The maximum Gasteiger partial charge on any atom is 0.194 e. The molecule has 2 aromatic carbocycles. The van der Waals surface area contributed by atoms with Crippen molar-refractivity contribution >= 4 is 16.7 Å². The molecule has 0 unspecified atom stereocenters. The van der Waals surface area contributed by atoms with Crippen molar-refractivity contribution in [3.8, 4) is 0 Å². The molecular weight excluding hydrogens is 250 g/mol. The molecule has 0 saturated carbocycles. The van der Waals surface area contributed by atoms with Crippen LogP contribution in [0.3, 0.4) is 0 Å². The summed E-state index contributed by atoms with van der Waals surface area (Å²) in [6, 6.07) is 14.9. The summed E-state index contributed by atoms with van der Waals surface area (Å²) in [5.41, 5.74) is 1.24. The van der Waals surface area contributed by atoms with E-state index in [0.717, 1.165) is 25.6 Å². The molecule has 0 amide bonds. The van der Waals surface area contributed by atoms with Gasteiger partial charge in [0.1, 0.15) is 0 Å². The molecular formula is C16H19N3O. The Labute approximate surface area is 118 Å². The van der Waals surface area contributed by atoms with Crippen molar-refractivity contribution in [2.75, 3.05) is 26.2 Å². The molecule has 0 atom stereocenters. The monoisotopic (exact) mass is 269 g/mol. The minimum atomic E-state index is 0.163. The van der Waals surface area contributed by atoms with Crippen LogP contribution in [0.25, 0.3) is 10.8 Å². The molecule has 0 saturated heterocycles. The van der Waals surface area contributed by atoms with Crippen LogP contribution in [0, 0.1) is 0 Å². The first kappa shape index (κ1) is 12.9. The number of nitrogens with zero attached hydrogens (tertiary/aromatic N) is 2. The molecule has 0 aliphatic carbocycles. The number of hydrogen-bond acceptors (Lipinski definition) is 4. The molecule has 0 aromatic heterocycles. The second kappa shape index (κ2) is 5.92. The van der Waals surface area contributed by atoms with Gasteiger partial charge in [-0.3, -0.25) is 4.99 Å². The summed E-state index contributed by atoms with van der Waals surface area (Å²) in [7, 11) is 0. The summed E-state index contributed by atoms with van der Waals surface area (Å²) in [6.45, 7) is 3.26. The van der Waals surface area contributed by atoms with Crippen molar-refractivity contribution in [2.45, 2.75) is 6.54 Å². The van der Waals surface area contributed by atoms with E-state index in [-0.39, 0.29) is 6.61 Å². The van der Waals surface area contributed by atoms with E-state index in [0.29, 0.717) is 6.54 Å². The van der Waals surface area contributed by atoms with Gasteiger partial charge in [0, 0.05) is 19.6 Å². The molecule has 20 heavy (non-hydrogen) atoms. The van der Waals surface area contributed by atoms with Gasteiger partial charge >= 0.3 is 0 Å². The number of aliphatic hydroxyl groups is 1. The van der Waals surface area contributed by atoms with Gasteiger partial charge in [-0.2, -0.15) is 0 Å². The minimum Gasteiger partial charge on any atom is -0.395 e. The second-order valence-electron chi connectivity index (χ2n) is 4.95. The molecule has 0 bridgehead atoms. The van der Waals surface area contributed by atoms with Crippen molar-refractivity contribution < 1.29 is 5.11 Å². The maximum absolute atomic E-state index is 9.02. The molecule has 0 spiro atoms. The Kier molecular flexibility index (Phi) is 3.83. The Balaban J connectivity index is 1.67. The lowest BCUT2D eigenvalue weighted by Crippen LogP contribution is -2.39. The first-order valence-corrected chi connectivity index (χ1v) is 6.98. The molecule has 1 aliphatic heterocycles. The van der Waals surface area contributed by atoms with E-state index in [2.05, 4.69) is 57.7 Å². The SMILES string of the molecule is OCCN1CCN=C1NCc1ccc2ccccc2c1. The fourth-order valence-electron chi connectivity index (χ4n) is 2.52. The predicted molar refractivity (Wildman–Crippen MR) is 81.7 cm³/mol. The van der Waals surface area contributed by atoms with E-state index >= 15 is 0 Å². The van der Waals surface area contributed by atoms with Crippen molar-refractivity contribution in [1.29, 1.82) is 0 Å². The van der Waals surface area contributed by atoms with Crippen LogP contribution in [0.1, 0.15) is 5.56 Å². The van der Waals surface area contributed by atoms with Gasteiger partial charge in [0.05, 0.1) is 13.2 Å². The quantitative estimate of drug-likeness (QED) is 0.886. The number of guanidine groups is 1. The van der Waals surface area contributed by atoms with E-state index in [9.17, 15) is 0 Å². The fraction of sp³-hybridized carbons (Fsp3) is 0.312. The van der Waals surface area contributed by atoms with Crippen LogP contribution < -0.4 is 5.32 Å². The molecule has 0 fully saturated rings. The summed E-state index contributed by atoms with van der Waals surface area (Å²) >= 11 is 0. The zero-order valence-electron chi connectivity index (χ0n) is 11.4. The topological polar surface area (TPSA) is 47.9 Å². The van der Waals surface area contributed by atoms with Crippen molar-refractivity contribution in [3.63, 3.8) is 0 Å². The average Bonchev–Trinajstić information content (AvgIpc) is 2.93. The van der Waals surface area contributed by atoms with E-state index in [4.69, 9.17) is 5.11 Å². The van der Waals surface area contributed by atoms with Crippen LogP contribution in [0.2, 0.25) is 0 Å². The zero-order valence-corrected chi connectivity index (χ0v) is 11.4. The highest BCUT2D eigenvalue weighted by Crippen LogP contribution is 2.15. The summed E-state index contributed by atoms with van der Waals surface area (Å²) in [5, 5.41) is 14.9. The zero-order chi connectivity index (χ0) is 13.8. The second-order valence-corrected chi connectivity index (χ2v) is 4.95. The third-order valence-corrected chi connectivity index (χ3v) is 3.57. The summed E-state index contributed by atoms with van der Waals surface area (Å²) < 4.78 is 0. The van der Waals surface area contributed by atoms with Gasteiger partial charge in [0.25, 0.3) is 0 Å². The number of aliphatic imine (C=N–C) groups is 1. The number of benzene rings is 2. The number of nitrogens with one attached hydrogen (secondary N) is 1. The fourth-order valence-corrected chi connectivity index (χ4v) is 2.52. The van der Waals surface area contributed by atoms with Crippen LogP contribution >= 0.6 is 0 Å². The first-order chi connectivity index (χ1) is 9.86. The first-order valence-electron chi connectivity index (χ1n) is 6.98. The Morgan fingerprint density at radius 1 is 1.15 bits per heavy atom. The van der Waals surface area contributed by atoms with Gasteiger partial charge in [-0.05, 0) is 22.4 Å². The smallest absolute Gasteiger partial charge is 0.194 e. The lowest BCUT2D eigenvalue weighted by atomic mass is 10.1. The highest BCUT2D eigenvalue weighted by molar-refractivity contribution is 5.84. The molecule has 0 radical (unpaired) electrons. The molecule has 4 nitrogen and oxygen atoms in total. The van der Waals surface area contributed by atoms with Crippen molar-refractivity contribution in [3.05, 3.63) is 48.0 Å². The molecule has 4 heteroatoms. The van der Waals surface area contributed by atoms with Crippen LogP contribution in [0.4, 0.5) is 0 Å². The average molecular weight is 269 g/mol. The van der Waals surface area contributed by atoms with Gasteiger partial charge in [-0.1, -0.05) is 36.4 Å². The molecule has 1 heterocycles. The van der Waals surface area contributed by atoms with E-state index in [1.165, 1.54) is 16.3 Å². The number of β-amino-alcohol motifs (C(OH)–C–C–N with tert-alkyl or cyclic N) is 1. The summed E-state index contributed by atoms with van der Waals surface area (Å²) in [6.07, 6.45) is 0. The Morgan fingerprint density at radius 3 is 2.85 bits per heavy atom.